The van der Waals surface area contributed by atoms with Crippen molar-refractivity contribution >= 4 is 27.6 Å². The molecule has 5 rings (SSSR count). The van der Waals surface area contributed by atoms with E-state index in [2.05, 4.69) is 82.6 Å². The van der Waals surface area contributed by atoms with Crippen LogP contribution in [0.1, 0.15) is 29.5 Å². The normalized spacial score (nSPS) is 15.6. The van der Waals surface area contributed by atoms with Crippen LogP contribution in [-0.4, -0.2) is 54.2 Å². The number of aromatic nitrogens is 2. The van der Waals surface area contributed by atoms with Gasteiger partial charge in [-0.1, -0.05) is 31.2 Å². The maximum Gasteiger partial charge on any atom is 0.150 e. The van der Waals surface area contributed by atoms with Gasteiger partial charge < -0.3 is 15.8 Å². The smallest absolute Gasteiger partial charge is 0.150 e. The summed E-state index contributed by atoms with van der Waals surface area (Å²) in [5.74, 6) is 1.75. The van der Waals surface area contributed by atoms with Gasteiger partial charge >= 0.3 is 0 Å². The standard InChI is InChI=1S/C28H33N5O/c1-19-3-8-24-25-17-22(18-31-27(25)28(29)32-26(24)15-19)20(2)16-21-4-6-23(7-5-21)34-14-13-33-11-9-30-10-12-33/h3-8,15,17-18,20,30H,9-14,16H2,1-2H3,(H2,29,32). The van der Waals surface area contributed by atoms with Crippen LogP contribution in [0.4, 0.5) is 5.82 Å². The number of hydrogen-bond acceptors (Lipinski definition) is 6. The van der Waals surface area contributed by atoms with E-state index in [1.807, 2.05) is 6.20 Å². The molecule has 0 spiro atoms. The van der Waals surface area contributed by atoms with Gasteiger partial charge in [-0.25, -0.2) is 4.98 Å². The molecule has 3 N–H and O–H groups in total. The maximum atomic E-state index is 6.22. The number of benzene rings is 2. The van der Waals surface area contributed by atoms with Gasteiger partial charge in [0.15, 0.2) is 5.82 Å². The third-order valence-corrected chi connectivity index (χ3v) is 6.76. The van der Waals surface area contributed by atoms with Gasteiger partial charge in [0.1, 0.15) is 17.9 Å². The predicted octanol–water partition coefficient (Wildman–Crippen LogP) is 4.30. The van der Waals surface area contributed by atoms with Gasteiger partial charge in [0.2, 0.25) is 0 Å². The molecule has 4 aromatic rings. The molecule has 0 saturated carbocycles. The number of anilines is 1. The number of fused-ring (bicyclic) bond motifs is 3. The highest BCUT2D eigenvalue weighted by atomic mass is 16.5. The van der Waals surface area contributed by atoms with E-state index in [1.54, 1.807) is 0 Å². The Kier molecular flexibility index (Phi) is 6.61. The molecule has 1 aliphatic rings. The Morgan fingerprint density at radius 3 is 2.65 bits per heavy atom. The quantitative estimate of drug-likeness (QED) is 0.405. The fourth-order valence-electron chi connectivity index (χ4n) is 4.73. The molecule has 0 radical (unpaired) electrons. The second kappa shape index (κ2) is 9.95. The van der Waals surface area contributed by atoms with Crippen molar-refractivity contribution in [1.29, 1.82) is 0 Å². The molecule has 0 aliphatic carbocycles. The van der Waals surface area contributed by atoms with Crippen LogP contribution < -0.4 is 15.8 Å². The van der Waals surface area contributed by atoms with Crippen LogP contribution in [0.5, 0.6) is 5.75 Å². The molecule has 2 aromatic carbocycles. The van der Waals surface area contributed by atoms with Gasteiger partial charge in [0.25, 0.3) is 0 Å². The molecule has 1 saturated heterocycles. The van der Waals surface area contributed by atoms with E-state index in [4.69, 9.17) is 10.5 Å². The van der Waals surface area contributed by atoms with Crippen molar-refractivity contribution in [3.63, 3.8) is 0 Å². The van der Waals surface area contributed by atoms with Crippen LogP contribution in [0.2, 0.25) is 0 Å². The van der Waals surface area contributed by atoms with Crippen molar-refractivity contribution in [1.82, 2.24) is 20.2 Å². The zero-order valence-corrected chi connectivity index (χ0v) is 20.1. The zero-order chi connectivity index (χ0) is 23.5. The number of rotatable bonds is 7. The number of aryl methyl sites for hydroxylation is 1. The monoisotopic (exact) mass is 455 g/mol. The van der Waals surface area contributed by atoms with Gasteiger partial charge in [-0.15, -0.1) is 0 Å². The minimum absolute atomic E-state index is 0.325. The first-order valence-electron chi connectivity index (χ1n) is 12.2. The molecule has 0 bridgehead atoms. The van der Waals surface area contributed by atoms with Crippen LogP contribution in [0.3, 0.4) is 0 Å². The van der Waals surface area contributed by atoms with E-state index < -0.39 is 0 Å². The van der Waals surface area contributed by atoms with Crippen LogP contribution in [-0.2, 0) is 6.42 Å². The molecular formula is C28H33N5O. The Morgan fingerprint density at radius 1 is 1.06 bits per heavy atom. The molecule has 6 nitrogen and oxygen atoms in total. The van der Waals surface area contributed by atoms with Crippen molar-refractivity contribution in [3.8, 4) is 5.75 Å². The van der Waals surface area contributed by atoms with Crippen LogP contribution in [0.15, 0.2) is 54.7 Å². The summed E-state index contributed by atoms with van der Waals surface area (Å²) in [6.45, 7) is 10.4. The molecule has 6 heteroatoms. The van der Waals surface area contributed by atoms with E-state index in [1.165, 1.54) is 16.7 Å². The van der Waals surface area contributed by atoms with E-state index in [0.717, 1.165) is 73.3 Å². The minimum Gasteiger partial charge on any atom is -0.492 e. The molecule has 1 atom stereocenters. The fraction of sp³-hybridized carbons (Fsp3) is 0.357. The van der Waals surface area contributed by atoms with Crippen molar-refractivity contribution in [2.75, 3.05) is 45.1 Å². The van der Waals surface area contributed by atoms with Crippen molar-refractivity contribution in [2.45, 2.75) is 26.2 Å². The third-order valence-electron chi connectivity index (χ3n) is 6.76. The van der Waals surface area contributed by atoms with E-state index in [-0.39, 0.29) is 0 Å². The first-order valence-corrected chi connectivity index (χ1v) is 12.2. The first kappa shape index (κ1) is 22.6. The maximum absolute atomic E-state index is 6.22. The summed E-state index contributed by atoms with van der Waals surface area (Å²) in [7, 11) is 0. The molecule has 3 heterocycles. The molecule has 1 aliphatic heterocycles. The Hall–Kier alpha value is -3.22. The van der Waals surface area contributed by atoms with Gasteiger partial charge in [-0.2, -0.15) is 0 Å². The fourth-order valence-corrected chi connectivity index (χ4v) is 4.73. The Labute approximate surface area is 201 Å². The SMILES string of the molecule is Cc1ccc2c(c1)nc(N)c1ncc(C(C)Cc3ccc(OCCN4CCNCC4)cc3)cc12. The second-order valence-corrected chi connectivity index (χ2v) is 9.37. The average molecular weight is 456 g/mol. The molecular weight excluding hydrogens is 422 g/mol. The lowest BCUT2D eigenvalue weighted by Crippen LogP contribution is -2.44. The largest absolute Gasteiger partial charge is 0.492 e. The Bertz CT molecular complexity index is 1280. The first-order chi connectivity index (χ1) is 16.6. The highest BCUT2D eigenvalue weighted by Crippen LogP contribution is 2.30. The zero-order valence-electron chi connectivity index (χ0n) is 20.1. The van der Waals surface area contributed by atoms with Crippen LogP contribution in [0.25, 0.3) is 21.8 Å². The lowest BCUT2D eigenvalue weighted by molar-refractivity contribution is 0.191. The number of nitrogens with one attached hydrogen (secondary N) is 1. The summed E-state index contributed by atoms with van der Waals surface area (Å²) in [5.41, 5.74) is 11.6. The number of hydrogen-bond donors (Lipinski definition) is 2. The average Bonchev–Trinajstić information content (AvgIpc) is 2.85. The van der Waals surface area contributed by atoms with Crippen molar-refractivity contribution in [2.24, 2.45) is 0 Å². The highest BCUT2D eigenvalue weighted by molar-refractivity contribution is 6.08. The van der Waals surface area contributed by atoms with Gasteiger partial charge in [-0.05, 0) is 60.2 Å². The van der Waals surface area contributed by atoms with Crippen LogP contribution in [0, 0.1) is 6.92 Å². The second-order valence-electron chi connectivity index (χ2n) is 9.37. The Balaban J connectivity index is 1.26. The summed E-state index contributed by atoms with van der Waals surface area (Å²) in [4.78, 5) is 11.7. The van der Waals surface area contributed by atoms with Gasteiger partial charge in [-0.3, -0.25) is 9.88 Å². The molecule has 2 aromatic heterocycles. The minimum atomic E-state index is 0.325. The summed E-state index contributed by atoms with van der Waals surface area (Å²) in [6, 6.07) is 17.1. The Morgan fingerprint density at radius 2 is 1.85 bits per heavy atom. The topological polar surface area (TPSA) is 76.3 Å². The third kappa shape index (κ3) is 4.98. The number of pyridine rings is 2. The lowest BCUT2D eigenvalue weighted by Gasteiger charge is -2.26. The number of nitrogen functional groups attached to an aromatic ring is 1. The summed E-state index contributed by atoms with van der Waals surface area (Å²) in [6.07, 6.45) is 2.88. The predicted molar refractivity (Wildman–Crippen MR) is 140 cm³/mol. The van der Waals surface area contributed by atoms with Crippen molar-refractivity contribution < 1.29 is 4.74 Å². The van der Waals surface area contributed by atoms with E-state index in [9.17, 15) is 0 Å². The van der Waals surface area contributed by atoms with Crippen molar-refractivity contribution in [3.05, 3.63) is 71.4 Å². The summed E-state index contributed by atoms with van der Waals surface area (Å²) in [5, 5.41) is 5.55. The van der Waals surface area contributed by atoms with E-state index in [0.29, 0.717) is 11.7 Å². The number of nitrogens with zero attached hydrogens (tertiary/aromatic N) is 3. The lowest BCUT2D eigenvalue weighted by atomic mass is 9.93. The van der Waals surface area contributed by atoms with Gasteiger partial charge in [0, 0.05) is 49.7 Å². The number of ether oxygens (including phenoxy) is 1. The summed E-state index contributed by atoms with van der Waals surface area (Å²) < 4.78 is 5.97. The number of piperazine rings is 1. The molecule has 34 heavy (non-hydrogen) atoms. The number of nitrogens with two attached hydrogens (primary N) is 1. The molecule has 0 amide bonds. The summed E-state index contributed by atoms with van der Waals surface area (Å²) >= 11 is 0. The highest BCUT2D eigenvalue weighted by Gasteiger charge is 2.13. The van der Waals surface area contributed by atoms with Gasteiger partial charge in [0.05, 0.1) is 5.52 Å². The van der Waals surface area contributed by atoms with E-state index >= 15 is 0 Å². The molecule has 1 unspecified atom stereocenters. The van der Waals surface area contributed by atoms with Crippen LogP contribution >= 0.6 is 0 Å². The molecule has 1 fully saturated rings. The molecule has 176 valence electrons.